The number of hydrogen-bond acceptors (Lipinski definition) is 5. The number of morpholine rings is 1. The van der Waals surface area contributed by atoms with Crippen LogP contribution in [0.5, 0.6) is 0 Å². The van der Waals surface area contributed by atoms with Gasteiger partial charge in [0.25, 0.3) is 0 Å². The highest BCUT2D eigenvalue weighted by atomic mass is 16.5. The lowest BCUT2D eigenvalue weighted by atomic mass is 10.0. The summed E-state index contributed by atoms with van der Waals surface area (Å²) in [6.45, 7) is 17.6. The zero-order valence-electron chi connectivity index (χ0n) is 15.9. The van der Waals surface area contributed by atoms with Crippen molar-refractivity contribution in [1.29, 1.82) is 0 Å². The van der Waals surface area contributed by atoms with E-state index in [1.807, 2.05) is 0 Å². The van der Waals surface area contributed by atoms with Crippen molar-refractivity contribution in [1.82, 2.24) is 20.0 Å². The van der Waals surface area contributed by atoms with Gasteiger partial charge in [-0.1, -0.05) is 13.8 Å². The molecule has 0 aromatic carbocycles. The quantitative estimate of drug-likeness (QED) is 0.784. The van der Waals surface area contributed by atoms with Crippen molar-refractivity contribution in [3.63, 3.8) is 0 Å². The van der Waals surface area contributed by atoms with E-state index in [9.17, 15) is 0 Å². The summed E-state index contributed by atoms with van der Waals surface area (Å²) in [4.78, 5) is 7.98. The van der Waals surface area contributed by atoms with Gasteiger partial charge in [0.2, 0.25) is 0 Å². The molecule has 0 aromatic heterocycles. The van der Waals surface area contributed by atoms with Crippen molar-refractivity contribution in [3.8, 4) is 0 Å². The molecule has 3 aliphatic rings. The predicted molar refractivity (Wildman–Crippen MR) is 99.5 cm³/mol. The van der Waals surface area contributed by atoms with Gasteiger partial charge in [-0.15, -0.1) is 0 Å². The van der Waals surface area contributed by atoms with Crippen molar-refractivity contribution in [2.75, 3.05) is 72.1 Å². The molecule has 3 saturated heterocycles. The standard InChI is InChI=1S/C19H38N4O/c1-17(2)15-22-8-3-18(4-9-22)23-13-14-24-19(16-23)5-10-21-11-6-20-7-12-21/h17-20H,3-16H2,1-2H3. The maximum absolute atomic E-state index is 6.07. The summed E-state index contributed by atoms with van der Waals surface area (Å²) >= 11 is 0. The van der Waals surface area contributed by atoms with Gasteiger partial charge in [0.15, 0.2) is 0 Å². The third kappa shape index (κ3) is 5.67. The van der Waals surface area contributed by atoms with Gasteiger partial charge in [-0.2, -0.15) is 0 Å². The van der Waals surface area contributed by atoms with Crippen molar-refractivity contribution >= 4 is 0 Å². The topological polar surface area (TPSA) is 31.0 Å². The number of piperidine rings is 1. The Hall–Kier alpha value is -0.200. The van der Waals surface area contributed by atoms with E-state index in [1.54, 1.807) is 0 Å². The Morgan fingerprint density at radius 2 is 1.75 bits per heavy atom. The first-order valence-electron chi connectivity index (χ1n) is 10.2. The Bertz CT molecular complexity index is 351. The Labute approximate surface area is 148 Å². The van der Waals surface area contributed by atoms with Crippen LogP contribution in [0.15, 0.2) is 0 Å². The molecule has 3 rings (SSSR count). The minimum absolute atomic E-state index is 0.447. The Balaban J connectivity index is 1.37. The fourth-order valence-electron chi connectivity index (χ4n) is 4.49. The average Bonchev–Trinajstić information content (AvgIpc) is 2.61. The molecule has 0 spiro atoms. The minimum atomic E-state index is 0.447. The zero-order valence-corrected chi connectivity index (χ0v) is 15.9. The van der Waals surface area contributed by atoms with Gasteiger partial charge in [-0.3, -0.25) is 4.90 Å². The second kappa shape index (κ2) is 9.48. The number of ether oxygens (including phenoxy) is 1. The molecule has 5 heteroatoms. The van der Waals surface area contributed by atoms with E-state index < -0.39 is 0 Å². The second-order valence-corrected chi connectivity index (χ2v) is 8.29. The Morgan fingerprint density at radius 3 is 2.46 bits per heavy atom. The highest BCUT2D eigenvalue weighted by Gasteiger charge is 2.29. The number of likely N-dealkylation sites (tertiary alicyclic amines) is 1. The normalized spacial score (nSPS) is 29.4. The molecule has 0 amide bonds. The average molecular weight is 339 g/mol. The van der Waals surface area contributed by atoms with Gasteiger partial charge in [0, 0.05) is 58.4 Å². The SMILES string of the molecule is CC(C)CN1CCC(N2CCOC(CCN3CCNCC3)C2)CC1. The van der Waals surface area contributed by atoms with Crippen molar-refractivity contribution in [2.45, 2.75) is 45.3 Å². The van der Waals surface area contributed by atoms with E-state index in [-0.39, 0.29) is 0 Å². The van der Waals surface area contributed by atoms with Gasteiger partial charge in [-0.25, -0.2) is 0 Å². The van der Waals surface area contributed by atoms with Crippen LogP contribution in [0.1, 0.15) is 33.1 Å². The van der Waals surface area contributed by atoms with Crippen LogP contribution in [-0.4, -0.2) is 98.9 Å². The molecule has 3 heterocycles. The lowest BCUT2D eigenvalue weighted by Gasteiger charge is -2.43. The lowest BCUT2D eigenvalue weighted by Crippen LogP contribution is -2.52. The molecule has 3 fully saturated rings. The second-order valence-electron chi connectivity index (χ2n) is 8.29. The minimum Gasteiger partial charge on any atom is -0.376 e. The summed E-state index contributed by atoms with van der Waals surface area (Å²) in [5.41, 5.74) is 0. The third-order valence-corrected chi connectivity index (χ3v) is 5.84. The van der Waals surface area contributed by atoms with Crippen molar-refractivity contribution < 1.29 is 4.74 Å². The van der Waals surface area contributed by atoms with E-state index in [4.69, 9.17) is 4.74 Å². The molecular weight excluding hydrogens is 300 g/mol. The molecule has 0 bridgehead atoms. The summed E-state index contributed by atoms with van der Waals surface area (Å²) in [6, 6.07) is 0.791. The predicted octanol–water partition coefficient (Wildman–Crippen LogP) is 1.10. The molecule has 140 valence electrons. The number of rotatable bonds is 6. The fourth-order valence-corrected chi connectivity index (χ4v) is 4.49. The van der Waals surface area contributed by atoms with Crippen LogP contribution in [0.4, 0.5) is 0 Å². The molecule has 1 N–H and O–H groups in total. The summed E-state index contributed by atoms with van der Waals surface area (Å²) in [5.74, 6) is 0.791. The number of nitrogens with one attached hydrogen (secondary N) is 1. The first-order valence-corrected chi connectivity index (χ1v) is 10.2. The van der Waals surface area contributed by atoms with Gasteiger partial charge in [0.1, 0.15) is 0 Å². The molecule has 0 aliphatic carbocycles. The Morgan fingerprint density at radius 1 is 1.00 bits per heavy atom. The maximum Gasteiger partial charge on any atom is 0.0714 e. The number of piperazine rings is 1. The number of nitrogens with zero attached hydrogens (tertiary/aromatic N) is 3. The van der Waals surface area contributed by atoms with E-state index >= 15 is 0 Å². The van der Waals surface area contributed by atoms with Crippen molar-refractivity contribution in [3.05, 3.63) is 0 Å². The summed E-state index contributed by atoms with van der Waals surface area (Å²) in [7, 11) is 0. The van der Waals surface area contributed by atoms with E-state index in [0.29, 0.717) is 6.10 Å². The van der Waals surface area contributed by atoms with Gasteiger partial charge < -0.3 is 19.9 Å². The van der Waals surface area contributed by atoms with Gasteiger partial charge in [-0.05, 0) is 38.3 Å². The van der Waals surface area contributed by atoms with Crippen LogP contribution >= 0.6 is 0 Å². The molecule has 3 aliphatic heterocycles. The van der Waals surface area contributed by atoms with Crippen LogP contribution in [0.2, 0.25) is 0 Å². The summed E-state index contributed by atoms with van der Waals surface area (Å²) in [5, 5.41) is 3.43. The molecule has 1 atom stereocenters. The maximum atomic E-state index is 6.07. The third-order valence-electron chi connectivity index (χ3n) is 5.84. The Kier molecular flexibility index (Phi) is 7.35. The largest absolute Gasteiger partial charge is 0.376 e. The fraction of sp³-hybridized carbons (Fsp3) is 1.00. The van der Waals surface area contributed by atoms with Crippen LogP contribution in [0.3, 0.4) is 0 Å². The molecule has 1 unspecified atom stereocenters. The zero-order chi connectivity index (χ0) is 16.8. The first-order chi connectivity index (χ1) is 11.7. The van der Waals surface area contributed by atoms with Crippen LogP contribution < -0.4 is 5.32 Å². The van der Waals surface area contributed by atoms with E-state index in [1.165, 1.54) is 58.5 Å². The summed E-state index contributed by atoms with van der Waals surface area (Å²) < 4.78 is 6.07. The van der Waals surface area contributed by atoms with Crippen LogP contribution in [-0.2, 0) is 4.74 Å². The smallest absolute Gasteiger partial charge is 0.0714 e. The number of hydrogen-bond donors (Lipinski definition) is 1. The molecule has 24 heavy (non-hydrogen) atoms. The van der Waals surface area contributed by atoms with Crippen LogP contribution in [0, 0.1) is 5.92 Å². The first kappa shape index (κ1) is 18.6. The van der Waals surface area contributed by atoms with Gasteiger partial charge in [0.05, 0.1) is 12.7 Å². The molecular formula is C19H38N4O. The molecule has 5 nitrogen and oxygen atoms in total. The highest BCUT2D eigenvalue weighted by molar-refractivity contribution is 4.84. The monoisotopic (exact) mass is 338 g/mol. The lowest BCUT2D eigenvalue weighted by molar-refractivity contribution is -0.0578. The van der Waals surface area contributed by atoms with Gasteiger partial charge >= 0.3 is 0 Å². The molecule has 0 saturated carbocycles. The van der Waals surface area contributed by atoms with E-state index in [0.717, 1.165) is 44.7 Å². The van der Waals surface area contributed by atoms with E-state index in [2.05, 4.69) is 33.9 Å². The highest BCUT2D eigenvalue weighted by Crippen LogP contribution is 2.21. The van der Waals surface area contributed by atoms with Crippen LogP contribution in [0.25, 0.3) is 0 Å². The molecule has 0 radical (unpaired) electrons. The van der Waals surface area contributed by atoms with Crippen molar-refractivity contribution in [2.24, 2.45) is 5.92 Å². The molecule has 0 aromatic rings. The summed E-state index contributed by atoms with van der Waals surface area (Å²) in [6.07, 6.45) is 4.33.